The number of pyridine rings is 12. The zero-order chi connectivity index (χ0) is 87.1. The molecule has 0 bridgehead atoms. The molecule has 0 saturated carbocycles. The summed E-state index contributed by atoms with van der Waals surface area (Å²) in [5.74, 6) is 0. The van der Waals surface area contributed by atoms with Crippen molar-refractivity contribution in [3.63, 3.8) is 0 Å². The van der Waals surface area contributed by atoms with Crippen LogP contribution in [0.1, 0.15) is 27.7 Å². The number of hydrogen-bond donors (Lipinski definition) is 0. The highest BCUT2D eigenvalue weighted by atomic mass is 79.9. The van der Waals surface area contributed by atoms with Gasteiger partial charge in [0.15, 0.2) is 0 Å². The molecule has 1 aliphatic rings. The van der Waals surface area contributed by atoms with Crippen LogP contribution >= 0.6 is 15.9 Å². The van der Waals surface area contributed by atoms with Crippen molar-refractivity contribution in [2.24, 2.45) is 0 Å². The minimum absolute atomic E-state index is 0.365. The van der Waals surface area contributed by atoms with E-state index in [-0.39, 0.29) is 18.3 Å². The van der Waals surface area contributed by atoms with Gasteiger partial charge in [0.05, 0.1) is 123 Å². The highest BCUT2D eigenvalue weighted by molar-refractivity contribution is 9.10. The van der Waals surface area contributed by atoms with Crippen LogP contribution in [0.2, 0.25) is 0 Å². The molecular weight excluding hydrogens is 1660 g/mol. The van der Waals surface area contributed by atoms with Gasteiger partial charge >= 0.3 is 7.12 Å². The number of halogens is 1. The molecule has 130 heavy (non-hydrogen) atoms. The second-order valence-corrected chi connectivity index (χ2v) is 34.8. The molecule has 1 aliphatic heterocycles. The Morgan fingerprint density at radius 1 is 0.215 bits per heavy atom. The summed E-state index contributed by atoms with van der Waals surface area (Å²) >= 11 is 3.53. The first kappa shape index (κ1) is 78.7. The predicted molar refractivity (Wildman–Crippen MR) is 535 cm³/mol. The van der Waals surface area contributed by atoms with E-state index in [1.165, 1.54) is 0 Å². The van der Waals surface area contributed by atoms with E-state index in [2.05, 4.69) is 343 Å². The molecule has 0 aliphatic carbocycles. The number of nitrogens with zero attached hydrogens (tertiary/aromatic N) is 12. The highest BCUT2D eigenvalue weighted by Crippen LogP contribution is 2.41. The number of hydrogen-bond acceptors (Lipinski definition) is 14. The summed E-state index contributed by atoms with van der Waals surface area (Å²) in [5, 5.41) is 12.9. The molecule has 1 fully saturated rings. The normalized spacial score (nSPS) is 13.0. The quantitative estimate of drug-likeness (QED) is 0.0934. The van der Waals surface area contributed by atoms with E-state index in [0.29, 0.717) is 0 Å². The molecule has 24 aromatic rings. The van der Waals surface area contributed by atoms with E-state index in [1.54, 1.807) is 0 Å². The van der Waals surface area contributed by atoms with Gasteiger partial charge in [0, 0.05) is 133 Å². The minimum Gasteiger partial charge on any atom is -0.399 e. The Labute approximate surface area is 756 Å². The lowest BCUT2D eigenvalue weighted by Gasteiger charge is -2.32. The molecule has 1 saturated heterocycles. The number of rotatable bonds is 10. The summed E-state index contributed by atoms with van der Waals surface area (Å²) in [6, 6.07) is 126. The Morgan fingerprint density at radius 3 is 0.908 bits per heavy atom. The lowest BCUT2D eigenvalue weighted by atomic mass is 9.78. The fourth-order valence-electron chi connectivity index (χ4n) is 17.6. The Balaban J connectivity index is 0.000000118. The maximum absolute atomic E-state index is 6.22. The van der Waals surface area contributed by atoms with E-state index in [9.17, 15) is 0 Å². The second-order valence-electron chi connectivity index (χ2n) is 33.9. The van der Waals surface area contributed by atoms with Gasteiger partial charge in [-0.15, -0.1) is 0 Å². The Hall–Kier alpha value is -16.0. The van der Waals surface area contributed by atoms with Gasteiger partial charge in [0.1, 0.15) is 0 Å². The third-order valence-electron chi connectivity index (χ3n) is 25.3. The summed E-state index contributed by atoms with van der Waals surface area (Å²) in [6.45, 7) is 8.28. The Bertz CT molecular complexity index is 8650. The predicted octanol–water partition coefficient (Wildman–Crippen LogP) is 27.7. The fraction of sp³-hybridized carbons (Fsp3) is 0.0526. The van der Waals surface area contributed by atoms with Gasteiger partial charge in [-0.2, -0.15) is 0 Å². The van der Waals surface area contributed by atoms with Crippen molar-refractivity contribution in [2.45, 2.75) is 38.9 Å². The average Bonchev–Trinajstić information content (AvgIpc) is 1.43. The van der Waals surface area contributed by atoms with Crippen molar-refractivity contribution in [3.8, 4) is 101 Å². The zero-order valence-corrected chi connectivity index (χ0v) is 72.7. The van der Waals surface area contributed by atoms with Crippen LogP contribution < -0.4 is 5.46 Å². The van der Waals surface area contributed by atoms with Crippen molar-refractivity contribution >= 4 is 159 Å². The first-order valence-corrected chi connectivity index (χ1v) is 44.2. The molecule has 0 radical (unpaired) electrons. The van der Waals surface area contributed by atoms with E-state index in [1.807, 2.05) is 110 Å². The zero-order valence-electron chi connectivity index (χ0n) is 71.1. The number of aromatic nitrogens is 12. The number of fused-ring (bicyclic) bond motifs is 16. The molecule has 14 nitrogen and oxygen atoms in total. The van der Waals surface area contributed by atoms with Crippen LogP contribution in [0, 0.1) is 0 Å². The summed E-state index contributed by atoms with van der Waals surface area (Å²) in [4.78, 5) is 58.8. The molecule has 614 valence electrons. The van der Waals surface area contributed by atoms with Gasteiger partial charge in [-0.05, 0) is 171 Å². The van der Waals surface area contributed by atoms with Gasteiger partial charge in [-0.1, -0.05) is 259 Å². The van der Waals surface area contributed by atoms with Crippen LogP contribution in [-0.4, -0.2) is 78.1 Å². The van der Waals surface area contributed by atoms with E-state index in [4.69, 9.17) is 49.2 Å². The fourth-order valence-corrected chi connectivity index (χ4v) is 18.0. The molecule has 0 unspecified atom stereocenters. The highest BCUT2D eigenvalue weighted by Gasteiger charge is 2.52. The van der Waals surface area contributed by atoms with Crippen molar-refractivity contribution in [2.75, 3.05) is 0 Å². The van der Waals surface area contributed by atoms with E-state index in [0.717, 1.165) is 242 Å². The van der Waals surface area contributed by atoms with Crippen LogP contribution in [0.3, 0.4) is 0 Å². The standard InChI is InChI=1S/C54H32N6.C33H20BrN3.C27H24BN3O2/c1-2-5-33(6-3-1)46-22-15-37-12-13-38-16-23-47(60-53(38)52(37)59-46)35-10-8-34(9-11-35)45-26-19-41-31-39(17-24-48(41)57-45)40-18-25-49-42(32-40)20-27-50(58-49)43-28-30-56-54-44(43)21-14-36-7-4-29-55-51(36)54;34-27-15-19-31-26(20-27)14-18-28(35-31)22-6-8-23(9-7-22)30-17-13-25-11-10-24-12-16-29(21-4-2-1-3-5-21)36-32(24)33(25)37-30;1-26(2)27(3,4)33-28(32-26)19-9-12-22-18(16-19)8-11-23(31-22)20-13-15-30-25-21(20)10-7-17-6-5-14-29-24(17)25/h1-32H;1-20H;5-16H,1-4H3. The summed E-state index contributed by atoms with van der Waals surface area (Å²) in [7, 11) is -0.385. The van der Waals surface area contributed by atoms with E-state index >= 15 is 0 Å². The molecule has 12 aromatic heterocycles. The molecule has 12 aromatic carbocycles. The van der Waals surface area contributed by atoms with Gasteiger partial charge in [0.25, 0.3) is 0 Å². The summed E-state index contributed by atoms with van der Waals surface area (Å²) in [5.41, 5.74) is 29.5. The molecule has 0 spiro atoms. The van der Waals surface area contributed by atoms with Crippen LogP contribution in [0.15, 0.2) is 393 Å². The smallest absolute Gasteiger partial charge is 0.399 e. The van der Waals surface area contributed by atoms with Crippen molar-refractivity contribution in [1.82, 2.24) is 59.8 Å². The maximum Gasteiger partial charge on any atom is 0.494 e. The first-order valence-electron chi connectivity index (χ1n) is 43.4. The Morgan fingerprint density at radius 2 is 0.508 bits per heavy atom. The topological polar surface area (TPSA) is 173 Å². The molecule has 13 heterocycles. The maximum atomic E-state index is 6.22. The molecule has 16 heteroatoms. The van der Waals surface area contributed by atoms with Crippen molar-refractivity contribution in [3.05, 3.63) is 393 Å². The third-order valence-corrected chi connectivity index (χ3v) is 25.7. The van der Waals surface area contributed by atoms with Gasteiger partial charge < -0.3 is 9.31 Å². The third kappa shape index (κ3) is 14.8. The Kier molecular flexibility index (Phi) is 19.7. The first-order chi connectivity index (χ1) is 63.7. The van der Waals surface area contributed by atoms with Crippen LogP contribution in [0.4, 0.5) is 0 Å². The summed E-state index contributed by atoms with van der Waals surface area (Å²) < 4.78 is 13.5. The average molecular weight is 1740 g/mol. The SMILES string of the molecule is Brc1ccc2nc(-c3ccc(-c4ccc5ccc6ccc(-c7ccccc7)nc6c5n4)cc3)ccc2c1.CC1(C)OB(c2ccc3nc(-c4ccnc5c4ccc4cccnc45)ccc3c2)OC1(C)C.c1ccc(-c2ccc3ccc4ccc(-c5ccc(-c6ccc7cc(-c8ccc9nc(-c%10ccnc%11c%10ccc%10cccnc%10%11)ccc9c8)ccc7n6)cc5)nc4c3n2)cc1. The van der Waals surface area contributed by atoms with Crippen molar-refractivity contribution < 1.29 is 9.31 Å². The molecular formula is C114H76BBrN12O2. The molecule has 0 amide bonds. The van der Waals surface area contributed by atoms with Gasteiger partial charge in [-0.3, -0.25) is 19.9 Å². The van der Waals surface area contributed by atoms with Crippen LogP contribution in [0.25, 0.3) is 232 Å². The molecule has 0 atom stereocenters. The second kappa shape index (κ2) is 32.5. The van der Waals surface area contributed by atoms with Crippen LogP contribution in [-0.2, 0) is 9.31 Å². The summed E-state index contributed by atoms with van der Waals surface area (Å²) in [6.07, 6.45) is 7.30. The van der Waals surface area contributed by atoms with Crippen LogP contribution in [0.5, 0.6) is 0 Å². The minimum atomic E-state index is -0.385. The monoisotopic (exact) mass is 1730 g/mol. The van der Waals surface area contributed by atoms with Crippen molar-refractivity contribution in [1.29, 1.82) is 0 Å². The molecule has 25 rings (SSSR count). The van der Waals surface area contributed by atoms with Gasteiger partial charge in [0.2, 0.25) is 0 Å². The van der Waals surface area contributed by atoms with E-state index < -0.39 is 0 Å². The lowest BCUT2D eigenvalue weighted by Crippen LogP contribution is -2.41. The lowest BCUT2D eigenvalue weighted by molar-refractivity contribution is 0.00578. The molecule has 0 N–H and O–H groups in total. The largest absolute Gasteiger partial charge is 0.494 e. The number of benzene rings is 12. The van der Waals surface area contributed by atoms with Gasteiger partial charge in [-0.25, -0.2) is 39.9 Å².